The van der Waals surface area contributed by atoms with Gasteiger partial charge in [0.15, 0.2) is 0 Å². The van der Waals surface area contributed by atoms with Gasteiger partial charge in [0, 0.05) is 6.54 Å². The van der Waals surface area contributed by atoms with Crippen LogP contribution in [-0.4, -0.2) is 26.7 Å². The number of hydrogen-bond donors (Lipinski definition) is 1. The molecule has 0 radical (unpaired) electrons. The van der Waals surface area contributed by atoms with Crippen LogP contribution in [0.5, 0.6) is 11.5 Å². The van der Waals surface area contributed by atoms with Gasteiger partial charge >= 0.3 is 0 Å². The highest BCUT2D eigenvalue weighted by Gasteiger charge is 2.24. The highest BCUT2D eigenvalue weighted by Crippen LogP contribution is 2.31. The fourth-order valence-corrected chi connectivity index (χ4v) is 2.58. The van der Waals surface area contributed by atoms with Crippen LogP contribution in [0, 0.1) is 0 Å². The van der Waals surface area contributed by atoms with Crippen LogP contribution in [0.3, 0.4) is 0 Å². The lowest BCUT2D eigenvalue weighted by atomic mass is 9.96. The molecule has 1 amide bonds. The number of rotatable bonds is 4. The average Bonchev–Trinajstić information content (AvgIpc) is 2.96. The number of methoxy groups -OCH3 is 2. The number of ether oxygens (including phenoxy) is 2. The summed E-state index contributed by atoms with van der Waals surface area (Å²) in [7, 11) is 3.26. The summed E-state index contributed by atoms with van der Waals surface area (Å²) in [4.78, 5) is 12.2. The van der Waals surface area contributed by atoms with E-state index in [0.717, 1.165) is 28.2 Å². The van der Waals surface area contributed by atoms with Crippen LogP contribution < -0.4 is 14.8 Å². The maximum atomic E-state index is 12.2. The van der Waals surface area contributed by atoms with Gasteiger partial charge < -0.3 is 14.8 Å². The minimum atomic E-state index is -0.0454. The Kier molecular flexibility index (Phi) is 3.83. The number of benzene rings is 2. The molecule has 4 nitrogen and oxygen atoms in total. The molecule has 1 N–H and O–H groups in total. The summed E-state index contributed by atoms with van der Waals surface area (Å²) in [6, 6.07) is 15.3. The Morgan fingerprint density at radius 1 is 0.818 bits per heavy atom. The summed E-state index contributed by atoms with van der Waals surface area (Å²) in [5.41, 5.74) is 3.62. The quantitative estimate of drug-likeness (QED) is 0.943. The molecular formula is C18H17NO3. The van der Waals surface area contributed by atoms with Gasteiger partial charge in [-0.3, -0.25) is 4.79 Å². The Labute approximate surface area is 129 Å². The standard InChI is InChI=1S/C18H17NO3/c1-21-14-7-3-12(4-8-14)16-11-19-18(20)17(16)13-5-9-15(22-2)10-6-13/h3-10H,11H2,1-2H3,(H,19,20). The van der Waals surface area contributed by atoms with Gasteiger partial charge in [0.2, 0.25) is 0 Å². The fraction of sp³-hybridized carbons (Fsp3) is 0.167. The van der Waals surface area contributed by atoms with Crippen molar-refractivity contribution in [3.8, 4) is 11.5 Å². The van der Waals surface area contributed by atoms with E-state index < -0.39 is 0 Å². The van der Waals surface area contributed by atoms with Crippen LogP contribution in [0.25, 0.3) is 11.1 Å². The van der Waals surface area contributed by atoms with Gasteiger partial charge in [-0.1, -0.05) is 24.3 Å². The molecule has 4 heteroatoms. The molecule has 1 aliphatic rings. The third-order valence-corrected chi connectivity index (χ3v) is 3.77. The van der Waals surface area contributed by atoms with E-state index in [-0.39, 0.29) is 5.91 Å². The second-order valence-electron chi connectivity index (χ2n) is 4.99. The van der Waals surface area contributed by atoms with E-state index in [2.05, 4.69) is 5.32 Å². The van der Waals surface area contributed by atoms with Crippen LogP contribution in [0.15, 0.2) is 48.5 Å². The molecule has 0 atom stereocenters. The molecule has 0 unspecified atom stereocenters. The van der Waals surface area contributed by atoms with Crippen molar-refractivity contribution < 1.29 is 14.3 Å². The molecule has 0 aromatic heterocycles. The second-order valence-corrected chi connectivity index (χ2v) is 4.99. The van der Waals surface area contributed by atoms with Gasteiger partial charge in [0.05, 0.1) is 19.8 Å². The number of hydrogen-bond acceptors (Lipinski definition) is 3. The molecule has 0 aliphatic carbocycles. The Hall–Kier alpha value is -2.75. The van der Waals surface area contributed by atoms with Gasteiger partial charge in [-0.2, -0.15) is 0 Å². The third kappa shape index (κ3) is 2.55. The molecule has 0 fully saturated rings. The van der Waals surface area contributed by atoms with Gasteiger partial charge in [0.25, 0.3) is 5.91 Å². The van der Waals surface area contributed by atoms with Crippen molar-refractivity contribution in [2.75, 3.05) is 20.8 Å². The molecule has 2 aromatic carbocycles. The van der Waals surface area contributed by atoms with Gasteiger partial charge in [-0.15, -0.1) is 0 Å². The van der Waals surface area contributed by atoms with E-state index in [0.29, 0.717) is 12.1 Å². The van der Waals surface area contributed by atoms with E-state index >= 15 is 0 Å². The minimum absolute atomic E-state index is 0.0454. The highest BCUT2D eigenvalue weighted by atomic mass is 16.5. The van der Waals surface area contributed by atoms with Crippen molar-refractivity contribution in [3.63, 3.8) is 0 Å². The molecule has 2 aromatic rings. The molecular weight excluding hydrogens is 278 g/mol. The normalized spacial score (nSPS) is 14.0. The molecule has 0 saturated carbocycles. The smallest absolute Gasteiger partial charge is 0.252 e. The van der Waals surface area contributed by atoms with Crippen LogP contribution in [0.4, 0.5) is 0 Å². The first-order valence-electron chi connectivity index (χ1n) is 7.03. The number of carbonyl (C=O) groups excluding carboxylic acids is 1. The largest absolute Gasteiger partial charge is 0.497 e. The Balaban J connectivity index is 2.04. The van der Waals surface area contributed by atoms with E-state index in [1.165, 1.54) is 0 Å². The highest BCUT2D eigenvalue weighted by molar-refractivity contribution is 6.30. The molecule has 0 bridgehead atoms. The van der Waals surface area contributed by atoms with Crippen LogP contribution in [-0.2, 0) is 4.79 Å². The van der Waals surface area contributed by atoms with Gasteiger partial charge in [0.1, 0.15) is 11.5 Å². The molecule has 112 valence electrons. The van der Waals surface area contributed by atoms with Crippen molar-refractivity contribution in [1.29, 1.82) is 0 Å². The first-order chi connectivity index (χ1) is 10.7. The lowest BCUT2D eigenvalue weighted by Crippen LogP contribution is -2.16. The lowest BCUT2D eigenvalue weighted by Gasteiger charge is -2.08. The molecule has 1 aliphatic heterocycles. The Bertz CT molecular complexity index is 715. The fourth-order valence-electron chi connectivity index (χ4n) is 2.58. The van der Waals surface area contributed by atoms with Crippen molar-refractivity contribution in [2.24, 2.45) is 0 Å². The van der Waals surface area contributed by atoms with E-state index in [9.17, 15) is 4.79 Å². The lowest BCUT2D eigenvalue weighted by molar-refractivity contribution is -0.114. The summed E-state index contributed by atoms with van der Waals surface area (Å²) < 4.78 is 10.3. The molecule has 0 spiro atoms. The number of nitrogens with one attached hydrogen (secondary N) is 1. The first kappa shape index (κ1) is 14.2. The average molecular weight is 295 g/mol. The summed E-state index contributed by atoms with van der Waals surface area (Å²) in [5.74, 6) is 1.53. The second kappa shape index (κ2) is 5.93. The summed E-state index contributed by atoms with van der Waals surface area (Å²) in [6.07, 6.45) is 0. The number of carbonyl (C=O) groups is 1. The zero-order valence-corrected chi connectivity index (χ0v) is 12.6. The Morgan fingerprint density at radius 2 is 1.32 bits per heavy atom. The predicted octanol–water partition coefficient (Wildman–Crippen LogP) is 2.74. The zero-order valence-electron chi connectivity index (χ0n) is 12.6. The van der Waals surface area contributed by atoms with Crippen molar-refractivity contribution in [2.45, 2.75) is 0 Å². The minimum Gasteiger partial charge on any atom is -0.497 e. The summed E-state index contributed by atoms with van der Waals surface area (Å²) in [6.45, 7) is 0.534. The molecule has 3 rings (SSSR count). The summed E-state index contributed by atoms with van der Waals surface area (Å²) >= 11 is 0. The third-order valence-electron chi connectivity index (χ3n) is 3.77. The monoisotopic (exact) mass is 295 g/mol. The van der Waals surface area contributed by atoms with Gasteiger partial charge in [-0.05, 0) is 41.0 Å². The number of amides is 1. The van der Waals surface area contributed by atoms with Crippen LogP contribution in [0.2, 0.25) is 0 Å². The van der Waals surface area contributed by atoms with Crippen LogP contribution in [0.1, 0.15) is 11.1 Å². The maximum absolute atomic E-state index is 12.2. The molecule has 1 heterocycles. The van der Waals surface area contributed by atoms with Gasteiger partial charge in [-0.25, -0.2) is 0 Å². The summed E-state index contributed by atoms with van der Waals surface area (Å²) in [5, 5.41) is 2.90. The molecule has 22 heavy (non-hydrogen) atoms. The topological polar surface area (TPSA) is 47.6 Å². The van der Waals surface area contributed by atoms with Crippen LogP contribution >= 0.6 is 0 Å². The first-order valence-corrected chi connectivity index (χ1v) is 7.03. The SMILES string of the molecule is COc1ccc(C2=C(c3ccc(OC)cc3)C(=O)NC2)cc1. The molecule has 0 saturated heterocycles. The zero-order chi connectivity index (χ0) is 15.5. The van der Waals surface area contributed by atoms with Crippen molar-refractivity contribution in [1.82, 2.24) is 5.32 Å². The maximum Gasteiger partial charge on any atom is 0.252 e. The van der Waals surface area contributed by atoms with Crippen molar-refractivity contribution in [3.05, 3.63) is 59.7 Å². The van der Waals surface area contributed by atoms with E-state index in [4.69, 9.17) is 9.47 Å². The Morgan fingerprint density at radius 3 is 1.82 bits per heavy atom. The van der Waals surface area contributed by atoms with E-state index in [1.807, 2.05) is 48.5 Å². The van der Waals surface area contributed by atoms with E-state index in [1.54, 1.807) is 14.2 Å². The van der Waals surface area contributed by atoms with Crippen molar-refractivity contribution >= 4 is 17.1 Å². The predicted molar refractivity (Wildman–Crippen MR) is 85.8 cm³/mol.